The maximum atomic E-state index is 12.1. The van der Waals surface area contributed by atoms with E-state index in [-0.39, 0.29) is 27.3 Å². The number of halogens is 2. The average molecular weight is 312 g/mol. The number of nitrogens with zero attached hydrogens (tertiary/aromatic N) is 2. The first-order valence-electron chi connectivity index (χ1n) is 4.67. The minimum Gasteiger partial charge on any atom is -0.409 e. The first kappa shape index (κ1) is 15.0. The Bertz CT molecular complexity index is 574. The van der Waals surface area contributed by atoms with Crippen LogP contribution >= 0.6 is 23.2 Å². The highest BCUT2D eigenvalue weighted by atomic mass is 35.5. The van der Waals surface area contributed by atoms with Gasteiger partial charge in [0.25, 0.3) is 0 Å². The lowest BCUT2D eigenvalue weighted by Gasteiger charge is -2.17. The molecule has 0 spiro atoms. The van der Waals surface area contributed by atoms with E-state index in [9.17, 15) is 8.42 Å². The molecule has 18 heavy (non-hydrogen) atoms. The van der Waals surface area contributed by atoms with Crippen molar-refractivity contribution in [3.05, 3.63) is 28.2 Å². The Morgan fingerprint density at radius 2 is 2.11 bits per heavy atom. The Balaban J connectivity index is 3.17. The van der Waals surface area contributed by atoms with Gasteiger partial charge >= 0.3 is 0 Å². The lowest BCUT2D eigenvalue weighted by Crippen LogP contribution is -2.35. The molecule has 1 aromatic carbocycles. The lowest BCUT2D eigenvalue weighted by atomic mass is 10.4. The molecule has 0 fully saturated rings. The lowest BCUT2D eigenvalue weighted by molar-refractivity contribution is 0.315. The van der Waals surface area contributed by atoms with Crippen LogP contribution in [0.4, 0.5) is 0 Å². The topological polar surface area (TPSA) is 96.0 Å². The van der Waals surface area contributed by atoms with E-state index in [0.717, 1.165) is 4.31 Å². The first-order chi connectivity index (χ1) is 8.28. The Morgan fingerprint density at radius 3 is 2.67 bits per heavy atom. The number of nitrogens with two attached hydrogens (primary N) is 1. The number of hydrogen-bond donors (Lipinski definition) is 2. The molecule has 0 heterocycles. The van der Waals surface area contributed by atoms with Crippen LogP contribution in [-0.2, 0) is 10.0 Å². The number of amidine groups is 1. The highest BCUT2D eigenvalue weighted by molar-refractivity contribution is 7.89. The molecule has 0 amide bonds. The summed E-state index contributed by atoms with van der Waals surface area (Å²) < 4.78 is 25.2. The Kier molecular flexibility index (Phi) is 4.80. The summed E-state index contributed by atoms with van der Waals surface area (Å²) in [5.41, 5.74) is 5.25. The van der Waals surface area contributed by atoms with Crippen LogP contribution in [0.25, 0.3) is 0 Å². The smallest absolute Gasteiger partial charge is 0.244 e. The molecule has 0 unspecified atom stereocenters. The van der Waals surface area contributed by atoms with E-state index < -0.39 is 10.0 Å². The van der Waals surface area contributed by atoms with Gasteiger partial charge in [-0.2, -0.15) is 4.31 Å². The monoisotopic (exact) mass is 311 g/mol. The third-order valence-electron chi connectivity index (χ3n) is 2.09. The Hall–Kier alpha value is -1.02. The van der Waals surface area contributed by atoms with Gasteiger partial charge in [0, 0.05) is 12.1 Å². The van der Waals surface area contributed by atoms with Crippen molar-refractivity contribution in [1.29, 1.82) is 0 Å². The van der Waals surface area contributed by atoms with Crippen molar-refractivity contribution in [2.75, 3.05) is 13.6 Å². The van der Waals surface area contributed by atoms with E-state index in [4.69, 9.17) is 34.1 Å². The zero-order valence-electron chi connectivity index (χ0n) is 9.34. The molecule has 0 aliphatic heterocycles. The summed E-state index contributed by atoms with van der Waals surface area (Å²) in [7, 11) is -2.57. The Morgan fingerprint density at radius 1 is 1.50 bits per heavy atom. The summed E-state index contributed by atoms with van der Waals surface area (Å²) in [5, 5.41) is 11.4. The molecule has 9 heteroatoms. The van der Waals surface area contributed by atoms with Gasteiger partial charge < -0.3 is 10.9 Å². The summed E-state index contributed by atoms with van der Waals surface area (Å²) >= 11 is 11.6. The minimum absolute atomic E-state index is 0.0470. The second-order valence-corrected chi connectivity index (χ2v) is 6.28. The summed E-state index contributed by atoms with van der Waals surface area (Å²) in [5.74, 6) is -0.237. The summed E-state index contributed by atoms with van der Waals surface area (Å²) in [4.78, 5) is -0.134. The number of hydrogen-bond acceptors (Lipinski definition) is 4. The van der Waals surface area contributed by atoms with Gasteiger partial charge in [-0.1, -0.05) is 28.4 Å². The standard InChI is InChI=1S/C9H11Cl2N3O3S/c1-14(5-9(12)13-15)18(16,17)8-4-6(10)2-3-7(8)11/h2-4,15H,5H2,1H3,(H2,12,13). The molecule has 0 aromatic heterocycles. The molecule has 0 radical (unpaired) electrons. The third-order valence-corrected chi connectivity index (χ3v) is 4.61. The van der Waals surface area contributed by atoms with E-state index in [1.807, 2.05) is 0 Å². The van der Waals surface area contributed by atoms with Crippen LogP contribution in [0.5, 0.6) is 0 Å². The number of rotatable bonds is 4. The molecular weight excluding hydrogens is 301 g/mol. The normalized spacial score (nSPS) is 13.0. The molecule has 0 saturated carbocycles. The van der Waals surface area contributed by atoms with Crippen LogP contribution in [0.1, 0.15) is 0 Å². The fraction of sp³-hybridized carbons (Fsp3) is 0.222. The molecule has 0 saturated heterocycles. The highest BCUT2D eigenvalue weighted by Crippen LogP contribution is 2.26. The van der Waals surface area contributed by atoms with E-state index >= 15 is 0 Å². The number of oxime groups is 1. The molecule has 6 nitrogen and oxygen atoms in total. The molecule has 0 atom stereocenters. The fourth-order valence-electron chi connectivity index (χ4n) is 1.19. The largest absolute Gasteiger partial charge is 0.409 e. The molecular formula is C9H11Cl2N3O3S. The molecule has 0 aliphatic rings. The van der Waals surface area contributed by atoms with Crippen molar-refractivity contribution in [3.8, 4) is 0 Å². The SMILES string of the molecule is CN(CC(N)=NO)S(=O)(=O)c1cc(Cl)ccc1Cl. The van der Waals surface area contributed by atoms with Gasteiger partial charge in [0.05, 0.1) is 11.6 Å². The maximum absolute atomic E-state index is 12.1. The molecule has 0 bridgehead atoms. The minimum atomic E-state index is -3.85. The molecule has 3 N–H and O–H groups in total. The van der Waals surface area contributed by atoms with Crippen LogP contribution in [-0.4, -0.2) is 37.4 Å². The number of benzene rings is 1. The van der Waals surface area contributed by atoms with Crippen molar-refractivity contribution in [2.24, 2.45) is 10.9 Å². The van der Waals surface area contributed by atoms with Crippen molar-refractivity contribution >= 4 is 39.1 Å². The molecule has 100 valence electrons. The van der Waals surface area contributed by atoms with Gasteiger partial charge in [-0.15, -0.1) is 0 Å². The van der Waals surface area contributed by atoms with E-state index in [1.165, 1.54) is 25.2 Å². The zero-order valence-corrected chi connectivity index (χ0v) is 11.7. The van der Waals surface area contributed by atoms with Crippen LogP contribution in [0.3, 0.4) is 0 Å². The highest BCUT2D eigenvalue weighted by Gasteiger charge is 2.24. The predicted octanol–water partition coefficient (Wildman–Crippen LogP) is 1.36. The second kappa shape index (κ2) is 5.75. The predicted molar refractivity (Wildman–Crippen MR) is 69.7 cm³/mol. The van der Waals surface area contributed by atoms with E-state index in [2.05, 4.69) is 5.16 Å². The van der Waals surface area contributed by atoms with Crippen molar-refractivity contribution in [3.63, 3.8) is 0 Å². The van der Waals surface area contributed by atoms with Gasteiger partial charge in [0.1, 0.15) is 4.90 Å². The second-order valence-electron chi connectivity index (χ2n) is 3.43. The third kappa shape index (κ3) is 3.26. The number of sulfonamides is 1. The number of likely N-dealkylation sites (N-methyl/N-ethyl adjacent to an activating group) is 1. The van der Waals surface area contributed by atoms with Crippen LogP contribution < -0.4 is 5.73 Å². The summed E-state index contributed by atoms with van der Waals surface area (Å²) in [6, 6.07) is 4.10. The summed E-state index contributed by atoms with van der Waals surface area (Å²) in [6.07, 6.45) is 0. The van der Waals surface area contributed by atoms with E-state index in [1.54, 1.807) is 0 Å². The van der Waals surface area contributed by atoms with Crippen LogP contribution in [0, 0.1) is 0 Å². The summed E-state index contributed by atoms with van der Waals surface area (Å²) in [6.45, 7) is -0.262. The van der Waals surface area contributed by atoms with E-state index in [0.29, 0.717) is 0 Å². The quantitative estimate of drug-likeness (QED) is 0.380. The van der Waals surface area contributed by atoms with Gasteiger partial charge in [0.2, 0.25) is 10.0 Å². The van der Waals surface area contributed by atoms with Gasteiger partial charge in [0.15, 0.2) is 5.84 Å². The molecule has 0 aliphatic carbocycles. The van der Waals surface area contributed by atoms with Crippen molar-refractivity contribution in [1.82, 2.24) is 4.31 Å². The van der Waals surface area contributed by atoms with Crippen molar-refractivity contribution in [2.45, 2.75) is 4.90 Å². The van der Waals surface area contributed by atoms with Crippen LogP contribution in [0.2, 0.25) is 10.0 Å². The maximum Gasteiger partial charge on any atom is 0.244 e. The molecule has 1 rings (SSSR count). The van der Waals surface area contributed by atoms with Crippen molar-refractivity contribution < 1.29 is 13.6 Å². The zero-order chi connectivity index (χ0) is 13.9. The van der Waals surface area contributed by atoms with Crippen LogP contribution in [0.15, 0.2) is 28.3 Å². The van der Waals surface area contributed by atoms with Gasteiger partial charge in [-0.05, 0) is 18.2 Å². The molecule has 1 aromatic rings. The fourth-order valence-corrected chi connectivity index (χ4v) is 3.06. The van der Waals surface area contributed by atoms with Gasteiger partial charge in [-0.3, -0.25) is 0 Å². The Labute approximate surface area is 115 Å². The van der Waals surface area contributed by atoms with Gasteiger partial charge in [-0.25, -0.2) is 8.42 Å². The average Bonchev–Trinajstić information content (AvgIpc) is 2.31. The first-order valence-corrected chi connectivity index (χ1v) is 6.86.